The highest BCUT2D eigenvalue weighted by Gasteiger charge is 2.40. The van der Waals surface area contributed by atoms with Crippen LogP contribution < -0.4 is 15.0 Å². The van der Waals surface area contributed by atoms with Gasteiger partial charge < -0.3 is 15.0 Å². The van der Waals surface area contributed by atoms with Crippen LogP contribution in [0, 0.1) is 5.92 Å². The third-order valence-electron chi connectivity index (χ3n) is 7.78. The molecule has 3 aliphatic rings. The van der Waals surface area contributed by atoms with Crippen molar-refractivity contribution in [1.82, 2.24) is 20.1 Å². The Morgan fingerprint density at radius 2 is 1.89 bits per heavy atom. The van der Waals surface area contributed by atoms with Crippen LogP contribution >= 0.6 is 0 Å². The lowest BCUT2D eigenvalue weighted by Crippen LogP contribution is -2.43. The van der Waals surface area contributed by atoms with Crippen molar-refractivity contribution in [1.29, 1.82) is 0 Å². The highest BCUT2D eigenvalue weighted by Crippen LogP contribution is 2.47. The minimum atomic E-state index is -4.62. The Morgan fingerprint density at radius 3 is 2.63 bits per heavy atom. The van der Waals surface area contributed by atoms with E-state index in [9.17, 15) is 18.0 Å². The maximum atomic E-state index is 13.8. The van der Waals surface area contributed by atoms with Crippen molar-refractivity contribution in [3.63, 3.8) is 0 Å². The average molecular weight is 526 g/mol. The standard InChI is InChI=1S/C28H30F3N5O2/c1-17-4-7-22-24(36(17)27(37)18-5-6-18)9-8-21(19-15-34-35(16-19)20-10-13-32-14-11-20)25(22)38-26-23(28(29,30)31)3-2-12-33-26/h2-3,8-9,12,15-18,20,32H,4-7,10-11,13-14H2,1H3/t17-/m0/s1. The molecule has 0 spiro atoms. The molecule has 7 nitrogen and oxygen atoms in total. The summed E-state index contributed by atoms with van der Waals surface area (Å²) in [5, 5.41) is 7.94. The molecule has 1 atom stereocenters. The molecular weight excluding hydrogens is 495 g/mol. The molecule has 2 aromatic heterocycles. The molecule has 0 bridgehead atoms. The minimum Gasteiger partial charge on any atom is -0.437 e. The smallest absolute Gasteiger partial charge is 0.421 e. The van der Waals surface area contributed by atoms with Crippen LogP contribution in [0.5, 0.6) is 11.6 Å². The van der Waals surface area contributed by atoms with Crippen molar-refractivity contribution in [2.45, 2.75) is 63.7 Å². The van der Waals surface area contributed by atoms with Crippen LogP contribution in [0.15, 0.2) is 42.9 Å². The fourth-order valence-corrected chi connectivity index (χ4v) is 5.54. The summed E-state index contributed by atoms with van der Waals surface area (Å²) in [4.78, 5) is 19.0. The largest absolute Gasteiger partial charge is 0.437 e. The molecule has 1 saturated heterocycles. The zero-order valence-corrected chi connectivity index (χ0v) is 21.2. The first-order valence-electron chi connectivity index (χ1n) is 13.3. The normalized spacial score (nSPS) is 20.3. The summed E-state index contributed by atoms with van der Waals surface area (Å²) in [7, 11) is 0. The van der Waals surface area contributed by atoms with Gasteiger partial charge in [-0.3, -0.25) is 9.48 Å². The van der Waals surface area contributed by atoms with E-state index in [1.807, 2.05) is 34.8 Å². The van der Waals surface area contributed by atoms with Gasteiger partial charge in [0.1, 0.15) is 11.3 Å². The molecule has 1 N–H and O–H groups in total. The third-order valence-corrected chi connectivity index (χ3v) is 7.78. The number of aromatic nitrogens is 3. The predicted molar refractivity (Wildman–Crippen MR) is 136 cm³/mol. The molecule has 1 aromatic carbocycles. The number of anilines is 1. The molecule has 1 amide bonds. The molecule has 10 heteroatoms. The summed E-state index contributed by atoms with van der Waals surface area (Å²) < 4.78 is 49.6. The number of carbonyl (C=O) groups excluding carboxylic acids is 1. The monoisotopic (exact) mass is 525 g/mol. The van der Waals surface area contributed by atoms with Gasteiger partial charge in [0.05, 0.1) is 17.9 Å². The zero-order chi connectivity index (χ0) is 26.4. The van der Waals surface area contributed by atoms with E-state index in [2.05, 4.69) is 15.4 Å². The molecule has 0 radical (unpaired) electrons. The number of benzene rings is 1. The molecule has 2 aliphatic heterocycles. The van der Waals surface area contributed by atoms with Crippen molar-refractivity contribution in [2.24, 2.45) is 5.92 Å². The first-order chi connectivity index (χ1) is 18.3. The van der Waals surface area contributed by atoms with E-state index in [0.717, 1.165) is 56.0 Å². The van der Waals surface area contributed by atoms with E-state index in [4.69, 9.17) is 4.74 Å². The number of fused-ring (bicyclic) bond motifs is 1. The molecule has 0 unspecified atom stereocenters. The van der Waals surface area contributed by atoms with E-state index in [1.54, 1.807) is 6.20 Å². The first-order valence-corrected chi connectivity index (χ1v) is 13.3. The second-order valence-corrected chi connectivity index (χ2v) is 10.5. The topological polar surface area (TPSA) is 72.3 Å². The molecule has 38 heavy (non-hydrogen) atoms. The van der Waals surface area contributed by atoms with Crippen molar-refractivity contribution in [2.75, 3.05) is 18.0 Å². The van der Waals surface area contributed by atoms with Crippen LogP contribution in [-0.4, -0.2) is 39.8 Å². The van der Waals surface area contributed by atoms with Crippen LogP contribution in [0.1, 0.15) is 56.2 Å². The van der Waals surface area contributed by atoms with Crippen molar-refractivity contribution in [3.05, 3.63) is 54.0 Å². The number of alkyl halides is 3. The second-order valence-electron chi connectivity index (χ2n) is 10.5. The fourth-order valence-electron chi connectivity index (χ4n) is 5.54. The third kappa shape index (κ3) is 4.66. The Bertz CT molecular complexity index is 1340. The van der Waals surface area contributed by atoms with Gasteiger partial charge in [-0.1, -0.05) is 0 Å². The lowest BCUT2D eigenvalue weighted by molar-refractivity contribution is -0.138. The summed E-state index contributed by atoms with van der Waals surface area (Å²) in [6.07, 6.45) is 5.25. The first kappa shape index (κ1) is 24.9. The lowest BCUT2D eigenvalue weighted by atomic mass is 9.92. The maximum Gasteiger partial charge on any atom is 0.421 e. The quantitative estimate of drug-likeness (QED) is 0.459. The molecule has 1 aliphatic carbocycles. The minimum absolute atomic E-state index is 0.00227. The van der Waals surface area contributed by atoms with E-state index in [-0.39, 0.29) is 23.9 Å². The Kier molecular flexibility index (Phi) is 6.37. The SMILES string of the molecule is C[C@H]1CCc2c(ccc(-c3cnn(C4CCNCC4)c3)c2Oc2ncccc2C(F)(F)F)N1C(=O)C1CC1. The molecule has 4 heterocycles. The van der Waals surface area contributed by atoms with Crippen LogP contribution in [0.4, 0.5) is 18.9 Å². The number of rotatable bonds is 5. The Labute approximate surface area is 219 Å². The van der Waals surface area contributed by atoms with Crippen LogP contribution in [0.25, 0.3) is 11.1 Å². The molecule has 200 valence electrons. The number of nitrogens with zero attached hydrogens (tertiary/aromatic N) is 4. The molecule has 2 fully saturated rings. The van der Waals surface area contributed by atoms with Crippen LogP contribution in [0.2, 0.25) is 0 Å². The van der Waals surface area contributed by atoms with E-state index >= 15 is 0 Å². The van der Waals surface area contributed by atoms with Gasteiger partial charge in [0.15, 0.2) is 0 Å². The number of ether oxygens (including phenoxy) is 1. The molecule has 1 saturated carbocycles. The lowest BCUT2D eigenvalue weighted by Gasteiger charge is -2.36. The van der Waals surface area contributed by atoms with E-state index in [0.29, 0.717) is 29.8 Å². The van der Waals surface area contributed by atoms with Crippen LogP contribution in [0.3, 0.4) is 0 Å². The number of hydrogen-bond acceptors (Lipinski definition) is 5. The van der Waals surface area contributed by atoms with Crippen molar-refractivity contribution < 1.29 is 22.7 Å². The number of amides is 1. The number of hydrogen-bond donors (Lipinski definition) is 1. The Hall–Kier alpha value is -3.40. The van der Waals surface area contributed by atoms with Gasteiger partial charge in [-0.05, 0) is 82.8 Å². The van der Waals surface area contributed by atoms with Gasteiger partial charge in [0.2, 0.25) is 11.8 Å². The highest BCUT2D eigenvalue weighted by molar-refractivity contribution is 5.99. The van der Waals surface area contributed by atoms with Gasteiger partial charge in [0.25, 0.3) is 0 Å². The van der Waals surface area contributed by atoms with E-state index in [1.165, 1.54) is 12.3 Å². The van der Waals surface area contributed by atoms with E-state index < -0.39 is 17.6 Å². The van der Waals surface area contributed by atoms with Crippen molar-refractivity contribution in [3.8, 4) is 22.8 Å². The fraction of sp³-hybridized carbons (Fsp3) is 0.464. The van der Waals surface area contributed by atoms with Gasteiger partial charge >= 0.3 is 6.18 Å². The van der Waals surface area contributed by atoms with Gasteiger partial charge in [0, 0.05) is 41.0 Å². The maximum absolute atomic E-state index is 13.8. The number of halogens is 3. The number of nitrogens with one attached hydrogen (secondary N) is 1. The van der Waals surface area contributed by atoms with Gasteiger partial charge in [-0.2, -0.15) is 18.3 Å². The summed E-state index contributed by atoms with van der Waals surface area (Å²) >= 11 is 0. The predicted octanol–water partition coefficient (Wildman–Crippen LogP) is 5.76. The summed E-state index contributed by atoms with van der Waals surface area (Å²) in [5.41, 5.74) is 1.88. The number of pyridine rings is 1. The molecule has 3 aromatic rings. The molecular formula is C28H30F3N5O2. The summed E-state index contributed by atoms with van der Waals surface area (Å²) in [6, 6.07) is 6.21. The average Bonchev–Trinajstić information content (AvgIpc) is 3.65. The van der Waals surface area contributed by atoms with Crippen molar-refractivity contribution >= 4 is 11.6 Å². The zero-order valence-electron chi connectivity index (χ0n) is 21.2. The highest BCUT2D eigenvalue weighted by atomic mass is 19.4. The second kappa shape index (κ2) is 9.72. The number of carbonyl (C=O) groups is 1. The molecule has 6 rings (SSSR count). The summed E-state index contributed by atoms with van der Waals surface area (Å²) in [6.45, 7) is 3.84. The Morgan fingerprint density at radius 1 is 1.11 bits per heavy atom. The number of piperidine rings is 1. The van der Waals surface area contributed by atoms with Gasteiger partial charge in [-0.25, -0.2) is 4.98 Å². The summed E-state index contributed by atoms with van der Waals surface area (Å²) in [5.74, 6) is -0.107. The Balaban J connectivity index is 1.47. The van der Waals surface area contributed by atoms with Gasteiger partial charge in [-0.15, -0.1) is 0 Å². The van der Waals surface area contributed by atoms with Crippen LogP contribution in [-0.2, 0) is 17.4 Å².